The lowest BCUT2D eigenvalue weighted by atomic mass is 10.1. The first-order valence-electron chi connectivity index (χ1n) is 7.91. The van der Waals surface area contributed by atoms with Crippen LogP contribution in [0.1, 0.15) is 40.8 Å². The van der Waals surface area contributed by atoms with Crippen molar-refractivity contribution >= 4 is 33.0 Å². The Labute approximate surface area is 158 Å². The van der Waals surface area contributed by atoms with Gasteiger partial charge in [0, 0.05) is 17.6 Å². The van der Waals surface area contributed by atoms with E-state index in [4.69, 9.17) is 11.6 Å². The Hall–Kier alpha value is -1.16. The van der Waals surface area contributed by atoms with Crippen molar-refractivity contribution in [1.29, 1.82) is 0 Å². The van der Waals surface area contributed by atoms with Crippen LogP contribution in [0.5, 0.6) is 0 Å². The van der Waals surface area contributed by atoms with Gasteiger partial charge in [0.05, 0.1) is 16.6 Å². The smallest absolute Gasteiger partial charge is 0.248 e. The molecule has 1 aromatic heterocycles. The monoisotopic (exact) mass is 424 g/mol. The predicted octanol–water partition coefficient (Wildman–Crippen LogP) is 5.04. The number of aromatic nitrogens is 1. The summed E-state index contributed by atoms with van der Waals surface area (Å²) in [6.45, 7) is 2.17. The van der Waals surface area contributed by atoms with Gasteiger partial charge in [-0.1, -0.05) is 18.0 Å². The highest BCUT2D eigenvalue weighted by Crippen LogP contribution is 2.39. The molecular weight excluding hydrogens is 409 g/mol. The number of rotatable bonds is 3. The van der Waals surface area contributed by atoms with Crippen LogP contribution in [0.4, 0.5) is 13.2 Å². The molecule has 2 aromatic rings. The third kappa shape index (κ3) is 3.76. The number of hydrogen-bond acceptors (Lipinski definition) is 4. The van der Waals surface area contributed by atoms with Crippen molar-refractivity contribution in [2.24, 2.45) is 0 Å². The van der Waals surface area contributed by atoms with Crippen molar-refractivity contribution in [1.82, 2.24) is 9.29 Å². The van der Waals surface area contributed by atoms with Gasteiger partial charge < -0.3 is 0 Å². The van der Waals surface area contributed by atoms with Gasteiger partial charge in [-0.2, -0.15) is 17.5 Å². The molecule has 142 valence electrons. The van der Waals surface area contributed by atoms with Gasteiger partial charge >= 0.3 is 6.18 Å². The van der Waals surface area contributed by atoms with Crippen molar-refractivity contribution in [3.05, 3.63) is 44.9 Å². The van der Waals surface area contributed by atoms with Gasteiger partial charge in [-0.3, -0.25) is 0 Å². The molecule has 1 aromatic carbocycles. The Morgan fingerprint density at radius 3 is 2.62 bits per heavy atom. The third-order valence-corrected chi connectivity index (χ3v) is 7.63. The Morgan fingerprint density at radius 2 is 2.04 bits per heavy atom. The molecule has 1 atom stereocenters. The lowest BCUT2D eigenvalue weighted by molar-refractivity contribution is -0.137. The van der Waals surface area contributed by atoms with Crippen molar-refractivity contribution in [3.63, 3.8) is 0 Å². The lowest BCUT2D eigenvalue weighted by Crippen LogP contribution is -2.38. The number of nitrogens with zero attached hydrogens (tertiary/aromatic N) is 2. The summed E-state index contributed by atoms with van der Waals surface area (Å²) in [7, 11) is -4.04. The summed E-state index contributed by atoms with van der Waals surface area (Å²) in [5.74, 6) is 0. The molecule has 3 rings (SSSR count). The Morgan fingerprint density at radius 1 is 1.31 bits per heavy atom. The Bertz CT molecular complexity index is 912. The Kier molecular flexibility index (Phi) is 5.35. The van der Waals surface area contributed by atoms with E-state index in [0.717, 1.165) is 23.4 Å². The number of aryl methyl sites for hydroxylation is 1. The highest BCUT2D eigenvalue weighted by atomic mass is 35.5. The van der Waals surface area contributed by atoms with Gasteiger partial charge in [-0.25, -0.2) is 13.4 Å². The Balaban J connectivity index is 2.00. The van der Waals surface area contributed by atoms with Gasteiger partial charge in [-0.05, 0) is 38.0 Å². The average molecular weight is 425 g/mol. The SMILES string of the molecule is Cc1cnc([C@@H]2CCCCN2S(=O)(=O)c2ccc(C(F)(F)F)cc2Cl)s1. The fourth-order valence-corrected chi connectivity index (χ4v) is 6.15. The first-order valence-corrected chi connectivity index (χ1v) is 10.5. The normalized spacial score (nSPS) is 19.7. The van der Waals surface area contributed by atoms with Crippen molar-refractivity contribution in [2.45, 2.75) is 43.3 Å². The molecule has 0 amide bonds. The first kappa shape index (κ1) is 19.6. The van der Waals surface area contributed by atoms with Crippen LogP contribution < -0.4 is 0 Å². The minimum atomic E-state index is -4.59. The standard InChI is InChI=1S/C16H16ClF3N2O2S2/c1-10-9-21-15(25-10)13-4-2-3-7-22(13)26(23,24)14-6-5-11(8-12(14)17)16(18,19)20/h5-6,8-9,13H,2-4,7H2,1H3/t13-/m0/s1. The molecule has 10 heteroatoms. The summed E-state index contributed by atoms with van der Waals surface area (Å²) in [5.41, 5.74) is -0.979. The number of alkyl halides is 3. The van der Waals surface area contributed by atoms with E-state index in [-0.39, 0.29) is 11.4 Å². The maximum atomic E-state index is 13.1. The van der Waals surface area contributed by atoms with E-state index in [9.17, 15) is 21.6 Å². The molecule has 1 aliphatic heterocycles. The number of piperidine rings is 1. The summed E-state index contributed by atoms with van der Waals surface area (Å²) in [4.78, 5) is 4.95. The lowest BCUT2D eigenvalue weighted by Gasteiger charge is -2.33. The third-order valence-electron chi connectivity index (χ3n) is 4.22. The largest absolute Gasteiger partial charge is 0.416 e. The molecule has 0 N–H and O–H groups in total. The van der Waals surface area contributed by atoms with Crippen molar-refractivity contribution in [2.75, 3.05) is 6.54 Å². The zero-order chi connectivity index (χ0) is 19.1. The highest BCUT2D eigenvalue weighted by molar-refractivity contribution is 7.89. The number of hydrogen-bond donors (Lipinski definition) is 0. The molecule has 2 heterocycles. The highest BCUT2D eigenvalue weighted by Gasteiger charge is 2.38. The molecule has 1 aliphatic rings. The van der Waals surface area contributed by atoms with Crippen LogP contribution in [-0.4, -0.2) is 24.3 Å². The molecular formula is C16H16ClF3N2O2S2. The molecule has 1 fully saturated rings. The minimum Gasteiger partial charge on any atom is -0.248 e. The van der Waals surface area contributed by atoms with E-state index >= 15 is 0 Å². The topological polar surface area (TPSA) is 50.3 Å². The van der Waals surface area contributed by atoms with Crippen LogP contribution >= 0.6 is 22.9 Å². The van der Waals surface area contributed by atoms with Gasteiger partial charge in [0.2, 0.25) is 10.0 Å². The van der Waals surface area contributed by atoms with Crippen LogP contribution in [0.2, 0.25) is 5.02 Å². The molecule has 0 saturated carbocycles. The van der Waals surface area contributed by atoms with Crippen LogP contribution in [0, 0.1) is 6.92 Å². The van der Waals surface area contributed by atoms with E-state index in [1.54, 1.807) is 6.20 Å². The summed E-state index contributed by atoms with van der Waals surface area (Å²) >= 11 is 7.34. The molecule has 1 saturated heterocycles. The summed E-state index contributed by atoms with van der Waals surface area (Å²) in [5, 5.41) is 0.258. The van der Waals surface area contributed by atoms with Crippen LogP contribution in [0.3, 0.4) is 0 Å². The molecule has 26 heavy (non-hydrogen) atoms. The van der Waals surface area contributed by atoms with Crippen LogP contribution in [0.15, 0.2) is 29.3 Å². The second kappa shape index (κ2) is 7.10. The van der Waals surface area contributed by atoms with E-state index in [1.807, 2.05) is 6.92 Å². The van der Waals surface area contributed by atoms with Crippen molar-refractivity contribution < 1.29 is 21.6 Å². The zero-order valence-electron chi connectivity index (χ0n) is 13.8. The summed E-state index contributed by atoms with van der Waals surface area (Å²) in [6.07, 6.45) is -0.749. The van der Waals surface area contributed by atoms with Crippen molar-refractivity contribution in [3.8, 4) is 0 Å². The zero-order valence-corrected chi connectivity index (χ0v) is 16.1. The first-order chi connectivity index (χ1) is 12.1. The van der Waals surface area contributed by atoms with Gasteiger partial charge in [0.1, 0.15) is 9.90 Å². The quantitative estimate of drug-likeness (QED) is 0.693. The average Bonchev–Trinajstić information content (AvgIpc) is 3.00. The molecule has 0 bridgehead atoms. The number of halogens is 4. The fraction of sp³-hybridized carbons (Fsp3) is 0.438. The minimum absolute atomic E-state index is 0.281. The maximum Gasteiger partial charge on any atom is 0.416 e. The van der Waals surface area contributed by atoms with E-state index in [0.29, 0.717) is 23.9 Å². The molecule has 0 aliphatic carbocycles. The molecule has 0 radical (unpaired) electrons. The molecule has 0 unspecified atom stereocenters. The second-order valence-electron chi connectivity index (χ2n) is 6.08. The number of benzene rings is 1. The second-order valence-corrected chi connectivity index (χ2v) is 9.61. The van der Waals surface area contributed by atoms with E-state index in [1.165, 1.54) is 15.6 Å². The summed E-state index contributed by atoms with van der Waals surface area (Å²) < 4.78 is 65.9. The number of sulfonamides is 1. The predicted molar refractivity (Wildman–Crippen MR) is 93.8 cm³/mol. The maximum absolute atomic E-state index is 13.1. The molecule has 4 nitrogen and oxygen atoms in total. The summed E-state index contributed by atoms with van der Waals surface area (Å²) in [6, 6.07) is 1.90. The van der Waals surface area contributed by atoms with Gasteiger partial charge in [0.25, 0.3) is 0 Å². The van der Waals surface area contributed by atoms with E-state index in [2.05, 4.69) is 4.98 Å². The van der Waals surface area contributed by atoms with Gasteiger partial charge in [-0.15, -0.1) is 11.3 Å². The fourth-order valence-electron chi connectivity index (χ4n) is 2.98. The molecule has 0 spiro atoms. The van der Waals surface area contributed by atoms with E-state index < -0.39 is 32.8 Å². The van der Waals surface area contributed by atoms with Gasteiger partial charge in [0.15, 0.2) is 0 Å². The van der Waals surface area contributed by atoms with Crippen LogP contribution in [0.25, 0.3) is 0 Å². The van der Waals surface area contributed by atoms with Crippen LogP contribution in [-0.2, 0) is 16.2 Å². The number of thiazole rings is 1.